The number of rotatable bonds is 7. The SMILES string of the molecule is CC(C)OP(O)(=S)O[C@H]1[C@@H](F)[C@H](N2C=CC(=O)CC2=O)O[C@@H]1/C=C/P(=O)(O)O. The minimum absolute atomic E-state index is 0.461. The molecule has 0 radical (unpaired) electrons. The third-order valence-corrected chi connectivity index (χ3v) is 5.86. The molecule has 2 aliphatic rings. The first-order valence-corrected chi connectivity index (χ1v) is 12.3. The average molecular weight is 459 g/mol. The van der Waals surface area contributed by atoms with Crippen LogP contribution in [0.5, 0.6) is 0 Å². The van der Waals surface area contributed by atoms with Gasteiger partial charge < -0.3 is 23.9 Å². The van der Waals surface area contributed by atoms with Crippen molar-refractivity contribution < 1.29 is 47.0 Å². The molecular formula is C14H20FNO9P2S. The van der Waals surface area contributed by atoms with Gasteiger partial charge in [-0.2, -0.15) is 0 Å². The number of hydrogen-bond donors (Lipinski definition) is 3. The van der Waals surface area contributed by atoms with Crippen molar-refractivity contribution in [2.24, 2.45) is 0 Å². The number of hydrogen-bond acceptors (Lipinski definition) is 7. The summed E-state index contributed by atoms with van der Waals surface area (Å²) in [5.74, 6) is -0.693. The average Bonchev–Trinajstić information content (AvgIpc) is 2.79. The number of alkyl halides is 1. The van der Waals surface area contributed by atoms with Crippen molar-refractivity contribution in [2.45, 2.75) is 51.0 Å². The molecule has 158 valence electrons. The number of carbonyl (C=O) groups is 2. The van der Waals surface area contributed by atoms with Crippen LogP contribution in [0.4, 0.5) is 4.39 Å². The molecule has 14 heteroatoms. The predicted molar refractivity (Wildman–Crippen MR) is 97.9 cm³/mol. The van der Waals surface area contributed by atoms with Crippen LogP contribution < -0.4 is 0 Å². The highest BCUT2D eigenvalue weighted by molar-refractivity contribution is 8.07. The summed E-state index contributed by atoms with van der Waals surface area (Å²) in [7, 11) is -4.60. The number of ketones is 1. The summed E-state index contributed by atoms with van der Waals surface area (Å²) >= 11 is 4.84. The number of nitrogens with zero attached hydrogens (tertiary/aromatic N) is 1. The van der Waals surface area contributed by atoms with E-state index in [1.54, 1.807) is 13.8 Å². The summed E-state index contributed by atoms with van der Waals surface area (Å²) in [5.41, 5.74) is 0. The van der Waals surface area contributed by atoms with Gasteiger partial charge in [0.05, 0.1) is 12.5 Å². The highest BCUT2D eigenvalue weighted by atomic mass is 32.5. The van der Waals surface area contributed by atoms with Crippen molar-refractivity contribution in [3.05, 3.63) is 24.2 Å². The molecule has 3 N–H and O–H groups in total. The molecule has 0 bridgehead atoms. The molecular weight excluding hydrogens is 439 g/mol. The molecule has 0 aromatic rings. The molecule has 2 heterocycles. The normalized spacial score (nSPS) is 31.2. The predicted octanol–water partition coefficient (Wildman–Crippen LogP) is 1.08. The second-order valence-electron chi connectivity index (χ2n) is 6.32. The molecule has 1 fully saturated rings. The first-order valence-electron chi connectivity index (χ1n) is 8.05. The Labute approximate surface area is 165 Å². The lowest BCUT2D eigenvalue weighted by Gasteiger charge is -2.28. The van der Waals surface area contributed by atoms with Crippen molar-refractivity contribution in [1.82, 2.24) is 4.90 Å². The molecule has 0 aliphatic carbocycles. The Hall–Kier alpha value is -0.810. The Morgan fingerprint density at radius 1 is 1.39 bits per heavy atom. The van der Waals surface area contributed by atoms with Gasteiger partial charge in [-0.05, 0) is 37.8 Å². The third kappa shape index (κ3) is 6.35. The van der Waals surface area contributed by atoms with Crippen molar-refractivity contribution in [1.29, 1.82) is 0 Å². The van der Waals surface area contributed by atoms with Crippen LogP contribution in [0.15, 0.2) is 24.2 Å². The fourth-order valence-corrected chi connectivity index (χ4v) is 4.90. The molecule has 0 aromatic carbocycles. The second-order valence-corrected chi connectivity index (χ2v) is 10.5. The highest BCUT2D eigenvalue weighted by Crippen LogP contribution is 2.50. The Kier molecular flexibility index (Phi) is 7.47. The molecule has 28 heavy (non-hydrogen) atoms. The molecule has 1 amide bonds. The van der Waals surface area contributed by atoms with Gasteiger partial charge in [-0.3, -0.25) is 23.6 Å². The molecule has 1 saturated heterocycles. The van der Waals surface area contributed by atoms with Crippen LogP contribution in [-0.2, 0) is 39.7 Å². The molecule has 1 unspecified atom stereocenters. The van der Waals surface area contributed by atoms with E-state index in [9.17, 15) is 19.0 Å². The van der Waals surface area contributed by atoms with Crippen molar-refractivity contribution in [2.75, 3.05) is 0 Å². The van der Waals surface area contributed by atoms with Crippen LogP contribution >= 0.6 is 14.3 Å². The zero-order chi connectivity index (χ0) is 21.3. The van der Waals surface area contributed by atoms with Gasteiger partial charge in [0, 0.05) is 12.0 Å². The van der Waals surface area contributed by atoms with E-state index in [1.165, 1.54) is 0 Å². The molecule has 2 aliphatic heterocycles. The van der Waals surface area contributed by atoms with Crippen LogP contribution in [0.3, 0.4) is 0 Å². The number of carbonyl (C=O) groups excluding carboxylic acids is 2. The zero-order valence-corrected chi connectivity index (χ0v) is 17.4. The summed E-state index contributed by atoms with van der Waals surface area (Å²) in [6.45, 7) is -0.778. The highest BCUT2D eigenvalue weighted by Gasteiger charge is 2.51. The Balaban J connectivity index is 2.30. The standard InChI is InChI=1S/C14H20FNO9P2S/c1-8(2)24-27(22,28)25-13-10(4-6-26(19,20)21)23-14(12(13)15)16-5-3-9(17)7-11(16)18/h3-6,8,10,12-14H,7H2,1-2H3,(H,22,28)(H2,19,20,21)/b6-4+/t10-,12-,13-,14-,27?/m1/s1. The smallest absolute Gasteiger partial charge is 0.345 e. The maximum Gasteiger partial charge on any atom is 0.348 e. The molecule has 5 atom stereocenters. The first-order chi connectivity index (χ1) is 12.8. The summed E-state index contributed by atoms with van der Waals surface area (Å²) in [6.07, 6.45) is -4.63. The van der Waals surface area contributed by atoms with E-state index in [2.05, 4.69) is 0 Å². The van der Waals surface area contributed by atoms with Crippen LogP contribution in [0.2, 0.25) is 0 Å². The Bertz CT molecular complexity index is 783. The largest absolute Gasteiger partial charge is 0.348 e. The molecule has 0 spiro atoms. The Morgan fingerprint density at radius 2 is 2.04 bits per heavy atom. The maximum atomic E-state index is 15.1. The van der Waals surface area contributed by atoms with Gasteiger partial charge in [0.2, 0.25) is 5.91 Å². The van der Waals surface area contributed by atoms with Crippen LogP contribution in [0.1, 0.15) is 20.3 Å². The lowest BCUT2D eigenvalue weighted by molar-refractivity contribution is -0.144. The van der Waals surface area contributed by atoms with Crippen LogP contribution in [0, 0.1) is 0 Å². The van der Waals surface area contributed by atoms with Gasteiger partial charge in [-0.1, -0.05) is 0 Å². The van der Waals surface area contributed by atoms with E-state index in [0.29, 0.717) is 5.82 Å². The van der Waals surface area contributed by atoms with E-state index < -0.39 is 63.1 Å². The summed E-state index contributed by atoms with van der Waals surface area (Å²) in [4.78, 5) is 52.3. The molecule has 0 saturated carbocycles. The Morgan fingerprint density at radius 3 is 2.57 bits per heavy atom. The number of amides is 1. The quantitative estimate of drug-likeness (QED) is 0.374. The molecule has 0 aromatic heterocycles. The van der Waals surface area contributed by atoms with Gasteiger partial charge in [0.1, 0.15) is 12.2 Å². The minimum atomic E-state index is -4.60. The van der Waals surface area contributed by atoms with E-state index in [1.807, 2.05) is 0 Å². The third-order valence-electron chi connectivity index (χ3n) is 3.58. The van der Waals surface area contributed by atoms with E-state index >= 15 is 4.39 Å². The molecule has 2 rings (SSSR count). The number of ether oxygens (including phenoxy) is 1. The monoisotopic (exact) mass is 459 g/mol. The van der Waals surface area contributed by atoms with Gasteiger partial charge in [0.25, 0.3) is 0 Å². The lowest BCUT2D eigenvalue weighted by atomic mass is 10.1. The summed E-state index contributed by atoms with van der Waals surface area (Å²) < 4.78 is 41.8. The fourth-order valence-electron chi connectivity index (χ4n) is 2.56. The summed E-state index contributed by atoms with van der Waals surface area (Å²) in [5, 5.41) is 0. The maximum absolute atomic E-state index is 15.1. The fraction of sp³-hybridized carbons (Fsp3) is 0.571. The van der Waals surface area contributed by atoms with Crippen molar-refractivity contribution in [3.8, 4) is 0 Å². The lowest BCUT2D eigenvalue weighted by Crippen LogP contribution is -2.44. The summed E-state index contributed by atoms with van der Waals surface area (Å²) in [6, 6.07) is 0. The van der Waals surface area contributed by atoms with Gasteiger partial charge >= 0.3 is 14.3 Å². The topological polar surface area (TPSA) is 143 Å². The van der Waals surface area contributed by atoms with E-state index in [4.69, 9.17) is 35.4 Å². The number of halogens is 1. The second kappa shape index (κ2) is 8.91. The van der Waals surface area contributed by atoms with Gasteiger partial charge in [-0.15, -0.1) is 0 Å². The zero-order valence-electron chi connectivity index (χ0n) is 14.8. The number of allylic oxidation sites excluding steroid dienone is 1. The van der Waals surface area contributed by atoms with Crippen LogP contribution in [-0.4, -0.2) is 62.0 Å². The first kappa shape index (κ1) is 23.5. The van der Waals surface area contributed by atoms with E-state index in [0.717, 1.165) is 23.3 Å². The van der Waals surface area contributed by atoms with Crippen LogP contribution in [0.25, 0.3) is 0 Å². The van der Waals surface area contributed by atoms with Gasteiger partial charge in [-0.25, -0.2) is 4.39 Å². The van der Waals surface area contributed by atoms with Crippen molar-refractivity contribution in [3.63, 3.8) is 0 Å². The minimum Gasteiger partial charge on any atom is -0.345 e. The van der Waals surface area contributed by atoms with Gasteiger partial charge in [0.15, 0.2) is 18.2 Å². The van der Waals surface area contributed by atoms with Crippen molar-refractivity contribution >= 4 is 37.8 Å². The molecule has 10 nitrogen and oxygen atoms in total. The van der Waals surface area contributed by atoms with E-state index in [-0.39, 0.29) is 0 Å².